The fraction of sp³-hybridized carbons (Fsp3) is 0.214. The number of carbonyl (C=O) groups is 2. The normalized spacial score (nSPS) is 11.6. The van der Waals surface area contributed by atoms with E-state index in [0.717, 1.165) is 0 Å². The van der Waals surface area contributed by atoms with Crippen LogP contribution in [0.15, 0.2) is 23.2 Å². The van der Waals surface area contributed by atoms with E-state index in [4.69, 9.17) is 27.9 Å². The molecule has 0 radical (unpaired) electrons. The van der Waals surface area contributed by atoms with Crippen molar-refractivity contribution in [3.63, 3.8) is 0 Å². The van der Waals surface area contributed by atoms with E-state index in [-0.39, 0.29) is 11.8 Å². The Balaban J connectivity index is 2.67. The number of thiazole rings is 1. The number of aryl methyl sites for hydroxylation is 1. The molecule has 0 saturated carbocycles. The summed E-state index contributed by atoms with van der Waals surface area (Å²) in [4.78, 5) is 28.5. The molecule has 0 saturated heterocycles. The maximum atomic E-state index is 11.9. The van der Waals surface area contributed by atoms with Crippen molar-refractivity contribution in [2.24, 2.45) is 4.99 Å². The summed E-state index contributed by atoms with van der Waals surface area (Å²) < 4.78 is 6.35. The third-order valence-corrected chi connectivity index (χ3v) is 4.10. The zero-order valence-electron chi connectivity index (χ0n) is 12.0. The summed E-state index contributed by atoms with van der Waals surface area (Å²) in [6.07, 6.45) is 0. The molecule has 22 heavy (non-hydrogen) atoms. The second-order valence-corrected chi connectivity index (χ2v) is 6.43. The van der Waals surface area contributed by atoms with Gasteiger partial charge < -0.3 is 4.74 Å². The minimum absolute atomic E-state index is 0.175. The minimum atomic E-state index is -0.507. The number of nitrogens with zero attached hydrogens (tertiary/aromatic N) is 2. The fourth-order valence-corrected chi connectivity index (χ4v) is 3.14. The lowest BCUT2D eigenvalue weighted by molar-refractivity contribution is -0.132. The molecule has 0 fully saturated rings. The number of hydrogen-bond donors (Lipinski definition) is 0. The average molecular weight is 359 g/mol. The van der Waals surface area contributed by atoms with Gasteiger partial charge in [0.15, 0.2) is 4.80 Å². The lowest BCUT2D eigenvalue weighted by Gasteiger charge is -2.05. The first kappa shape index (κ1) is 16.7. The summed E-state index contributed by atoms with van der Waals surface area (Å²) in [6, 6.07) is 4.86. The third-order valence-electron chi connectivity index (χ3n) is 2.62. The summed E-state index contributed by atoms with van der Waals surface area (Å²) >= 11 is 13.2. The highest BCUT2D eigenvalue weighted by molar-refractivity contribution is 7.09. The maximum Gasteiger partial charge on any atom is 0.309 e. The van der Waals surface area contributed by atoms with E-state index >= 15 is 0 Å². The number of ether oxygens (including phenoxy) is 1. The average Bonchev–Trinajstić information content (AvgIpc) is 2.68. The summed E-state index contributed by atoms with van der Waals surface area (Å²) in [6.45, 7) is 4.38. The molecule has 0 N–H and O–H groups in total. The zero-order valence-corrected chi connectivity index (χ0v) is 14.3. The van der Waals surface area contributed by atoms with Gasteiger partial charge in [0.25, 0.3) is 0 Å². The van der Waals surface area contributed by atoms with Crippen LogP contribution in [0.1, 0.15) is 23.5 Å². The standard InChI is InChI=1S/C14H12Cl2N2O3S/c1-7-13(21-9(3)20)18(8(2)19)14(22-7)17-12-5-4-10(15)6-11(12)16/h4-6H,1-3H3. The molecule has 0 spiro atoms. The van der Waals surface area contributed by atoms with Gasteiger partial charge in [-0.3, -0.25) is 9.59 Å². The molecule has 0 aliphatic carbocycles. The van der Waals surface area contributed by atoms with Crippen LogP contribution in [0, 0.1) is 6.92 Å². The number of hydrogen-bond acceptors (Lipinski definition) is 5. The van der Waals surface area contributed by atoms with Crippen molar-refractivity contribution in [3.8, 4) is 5.88 Å². The number of benzene rings is 1. The molecule has 1 heterocycles. The molecule has 0 amide bonds. The van der Waals surface area contributed by atoms with Gasteiger partial charge >= 0.3 is 5.97 Å². The first-order valence-corrected chi connectivity index (χ1v) is 7.78. The van der Waals surface area contributed by atoms with Crippen LogP contribution in [-0.2, 0) is 4.79 Å². The van der Waals surface area contributed by atoms with Gasteiger partial charge in [0.1, 0.15) is 0 Å². The van der Waals surface area contributed by atoms with E-state index in [1.807, 2.05) is 0 Å². The molecule has 1 aromatic carbocycles. The summed E-state index contributed by atoms with van der Waals surface area (Å²) in [5, 5.41) is 0.856. The maximum absolute atomic E-state index is 11.9. The van der Waals surface area contributed by atoms with Gasteiger partial charge in [-0.2, -0.15) is 0 Å². The van der Waals surface area contributed by atoms with E-state index < -0.39 is 5.97 Å². The Labute approximate surface area is 140 Å². The summed E-state index contributed by atoms with van der Waals surface area (Å²) in [7, 11) is 0. The highest BCUT2D eigenvalue weighted by atomic mass is 35.5. The number of esters is 1. The predicted molar refractivity (Wildman–Crippen MR) is 86.3 cm³/mol. The van der Waals surface area contributed by atoms with E-state index in [0.29, 0.717) is 25.4 Å². The molecule has 0 unspecified atom stereocenters. The molecule has 0 aliphatic rings. The SMILES string of the molecule is CC(=O)Oc1c(C)sc(=Nc2ccc(Cl)cc2Cl)n1C(C)=O. The van der Waals surface area contributed by atoms with Crippen molar-refractivity contribution in [1.82, 2.24) is 4.57 Å². The van der Waals surface area contributed by atoms with Crippen molar-refractivity contribution in [2.75, 3.05) is 0 Å². The van der Waals surface area contributed by atoms with Gasteiger partial charge in [-0.15, -0.1) is 0 Å². The van der Waals surface area contributed by atoms with Gasteiger partial charge in [-0.1, -0.05) is 34.5 Å². The molecule has 8 heteroatoms. The Kier molecular flexibility index (Phi) is 5.05. The Bertz CT molecular complexity index is 824. The van der Waals surface area contributed by atoms with Crippen LogP contribution in [0.4, 0.5) is 5.69 Å². The minimum Gasteiger partial charge on any atom is -0.408 e. The van der Waals surface area contributed by atoms with Gasteiger partial charge in [-0.25, -0.2) is 9.56 Å². The van der Waals surface area contributed by atoms with E-state index in [9.17, 15) is 9.59 Å². The second kappa shape index (κ2) is 6.64. The van der Waals surface area contributed by atoms with Gasteiger partial charge in [-0.05, 0) is 25.1 Å². The molecule has 116 valence electrons. The van der Waals surface area contributed by atoms with E-state index in [1.54, 1.807) is 25.1 Å². The lowest BCUT2D eigenvalue weighted by atomic mass is 10.3. The monoisotopic (exact) mass is 358 g/mol. The molecule has 2 rings (SSSR count). The van der Waals surface area contributed by atoms with Crippen LogP contribution in [0.25, 0.3) is 0 Å². The van der Waals surface area contributed by atoms with E-state index in [1.165, 1.54) is 29.8 Å². The van der Waals surface area contributed by atoms with Crippen molar-refractivity contribution in [2.45, 2.75) is 20.8 Å². The molecular formula is C14H12Cl2N2O3S. The van der Waals surface area contributed by atoms with Crippen molar-refractivity contribution in [1.29, 1.82) is 0 Å². The molecule has 0 bridgehead atoms. The van der Waals surface area contributed by atoms with Crippen LogP contribution >= 0.6 is 34.5 Å². The van der Waals surface area contributed by atoms with Gasteiger partial charge in [0.05, 0.1) is 15.6 Å². The largest absolute Gasteiger partial charge is 0.408 e. The highest BCUT2D eigenvalue weighted by Gasteiger charge is 2.17. The quantitative estimate of drug-likeness (QED) is 0.762. The predicted octanol–water partition coefficient (Wildman–Crippen LogP) is 3.98. The molecule has 0 aliphatic heterocycles. The van der Waals surface area contributed by atoms with Crippen LogP contribution in [0.3, 0.4) is 0 Å². The molecule has 5 nitrogen and oxygen atoms in total. The van der Waals surface area contributed by atoms with Crippen molar-refractivity contribution in [3.05, 3.63) is 37.9 Å². The third kappa shape index (κ3) is 3.58. The topological polar surface area (TPSA) is 60.7 Å². The van der Waals surface area contributed by atoms with Crippen LogP contribution in [0.5, 0.6) is 5.88 Å². The number of carbonyl (C=O) groups excluding carboxylic acids is 2. The van der Waals surface area contributed by atoms with E-state index in [2.05, 4.69) is 4.99 Å². The summed E-state index contributed by atoms with van der Waals surface area (Å²) in [5.41, 5.74) is 0.469. The number of aromatic nitrogens is 1. The van der Waals surface area contributed by atoms with Crippen molar-refractivity contribution < 1.29 is 14.3 Å². The van der Waals surface area contributed by atoms with Crippen molar-refractivity contribution >= 4 is 52.1 Å². The zero-order chi connectivity index (χ0) is 16.4. The Morgan fingerprint density at radius 3 is 2.50 bits per heavy atom. The molecule has 0 atom stereocenters. The number of halogens is 2. The molecule has 1 aromatic heterocycles. The Hall–Kier alpha value is -1.63. The van der Waals surface area contributed by atoms with Gasteiger partial charge in [0, 0.05) is 18.9 Å². The smallest absolute Gasteiger partial charge is 0.309 e. The highest BCUT2D eigenvalue weighted by Crippen LogP contribution is 2.28. The van der Waals surface area contributed by atoms with Crippen LogP contribution in [-0.4, -0.2) is 16.4 Å². The molecular weight excluding hydrogens is 347 g/mol. The first-order chi connectivity index (χ1) is 10.3. The summed E-state index contributed by atoms with van der Waals surface area (Å²) in [5.74, 6) is -0.648. The van der Waals surface area contributed by atoms with Crippen LogP contribution < -0.4 is 9.54 Å². The Morgan fingerprint density at radius 2 is 1.95 bits per heavy atom. The Morgan fingerprint density at radius 1 is 1.27 bits per heavy atom. The molecule has 2 aromatic rings. The first-order valence-electron chi connectivity index (χ1n) is 6.21. The fourth-order valence-electron chi connectivity index (χ4n) is 1.75. The van der Waals surface area contributed by atoms with Crippen LogP contribution in [0.2, 0.25) is 10.0 Å². The second-order valence-electron chi connectivity index (χ2n) is 4.40. The lowest BCUT2D eigenvalue weighted by Crippen LogP contribution is -2.22. The van der Waals surface area contributed by atoms with Gasteiger partial charge in [0.2, 0.25) is 11.8 Å². The number of rotatable bonds is 2.